The number of benzene rings is 4. The molecule has 1 fully saturated rings. The minimum Gasteiger partial charge on any atom is -0.356 e. The van der Waals surface area contributed by atoms with Crippen LogP contribution in [0.2, 0.25) is 0 Å². The van der Waals surface area contributed by atoms with E-state index in [-0.39, 0.29) is 23.6 Å². The molecule has 1 saturated heterocycles. The monoisotopic (exact) mass is 576 g/mol. The maximum atomic E-state index is 14.2. The van der Waals surface area contributed by atoms with Crippen molar-refractivity contribution in [3.05, 3.63) is 137 Å². The topological polar surface area (TPSA) is 85.5 Å². The van der Waals surface area contributed by atoms with Crippen LogP contribution in [0, 0.1) is 11.6 Å². The van der Waals surface area contributed by atoms with Crippen molar-refractivity contribution in [2.45, 2.75) is 24.9 Å². The first-order chi connectivity index (χ1) is 20.9. The highest BCUT2D eigenvalue weighted by molar-refractivity contribution is 6.24. The fraction of sp³-hybridized carbons (Fsp3) is 0.147. The van der Waals surface area contributed by atoms with E-state index in [9.17, 15) is 23.2 Å². The summed E-state index contributed by atoms with van der Waals surface area (Å²) < 4.78 is 27.2. The highest BCUT2D eigenvalue weighted by atomic mass is 19.1. The maximum Gasteiger partial charge on any atom is 0.332 e. The molecule has 2 N–H and O–H groups in total. The third-order valence-electron chi connectivity index (χ3n) is 8.24. The number of urea groups is 1. The van der Waals surface area contributed by atoms with E-state index in [0.29, 0.717) is 18.4 Å². The van der Waals surface area contributed by atoms with Gasteiger partial charge in [0.1, 0.15) is 23.7 Å². The van der Waals surface area contributed by atoms with Crippen molar-refractivity contribution < 1.29 is 23.2 Å². The fourth-order valence-corrected chi connectivity index (χ4v) is 6.22. The van der Waals surface area contributed by atoms with Crippen molar-refractivity contribution in [3.63, 3.8) is 0 Å². The first kappa shape index (κ1) is 26.6. The van der Waals surface area contributed by atoms with Crippen molar-refractivity contribution in [1.82, 2.24) is 15.2 Å². The third kappa shape index (κ3) is 4.53. The molecule has 1 aromatic heterocycles. The average Bonchev–Trinajstić information content (AvgIpc) is 3.51. The van der Waals surface area contributed by atoms with Crippen LogP contribution in [0.15, 0.2) is 97.1 Å². The van der Waals surface area contributed by atoms with E-state index >= 15 is 0 Å². The Morgan fingerprint density at radius 1 is 0.860 bits per heavy atom. The molecule has 43 heavy (non-hydrogen) atoms. The maximum absolute atomic E-state index is 14.2. The highest BCUT2D eigenvalue weighted by Gasteiger charge is 2.53. The van der Waals surface area contributed by atoms with E-state index in [1.54, 1.807) is 48.5 Å². The second kappa shape index (κ2) is 10.5. The number of halogens is 2. The normalized spacial score (nSPS) is 17.7. The van der Waals surface area contributed by atoms with E-state index in [2.05, 4.69) is 10.3 Å². The van der Waals surface area contributed by atoms with Crippen LogP contribution in [-0.2, 0) is 17.6 Å². The number of hydrogen-bond donors (Lipinski definition) is 2. The number of carbonyl (C=O) groups excluding carboxylic acids is 3. The third-order valence-corrected chi connectivity index (χ3v) is 8.24. The lowest BCUT2D eigenvalue weighted by molar-refractivity contribution is -0.120. The fourth-order valence-electron chi connectivity index (χ4n) is 6.22. The Kier molecular flexibility index (Phi) is 6.50. The van der Waals surface area contributed by atoms with Crippen molar-refractivity contribution in [1.29, 1.82) is 0 Å². The van der Waals surface area contributed by atoms with Crippen molar-refractivity contribution in [3.8, 4) is 0 Å². The number of nitrogens with zero attached hydrogens (tertiary/aromatic N) is 2. The molecule has 0 radical (unpaired) electrons. The second-order valence-electron chi connectivity index (χ2n) is 10.7. The van der Waals surface area contributed by atoms with Gasteiger partial charge in [-0.3, -0.25) is 14.5 Å². The Labute approximate surface area is 245 Å². The molecule has 4 aromatic carbocycles. The van der Waals surface area contributed by atoms with E-state index in [4.69, 9.17) is 0 Å². The first-order valence-corrected chi connectivity index (χ1v) is 14.0. The quantitative estimate of drug-likeness (QED) is 0.247. The summed E-state index contributed by atoms with van der Waals surface area (Å²) in [7, 11) is 0. The molecule has 0 unspecified atom stereocenters. The molecule has 4 amide bonds. The number of anilines is 1. The van der Waals surface area contributed by atoms with Crippen LogP contribution >= 0.6 is 0 Å². The van der Waals surface area contributed by atoms with Crippen molar-refractivity contribution in [2.24, 2.45) is 0 Å². The van der Waals surface area contributed by atoms with Crippen LogP contribution in [0.25, 0.3) is 10.9 Å². The van der Waals surface area contributed by atoms with Crippen molar-refractivity contribution in [2.75, 3.05) is 11.4 Å². The summed E-state index contributed by atoms with van der Waals surface area (Å²) in [5, 5.41) is 3.81. The Morgan fingerprint density at radius 2 is 1.53 bits per heavy atom. The van der Waals surface area contributed by atoms with Gasteiger partial charge in [0.25, 0.3) is 11.8 Å². The lowest BCUT2D eigenvalue weighted by atomic mass is 9.89. The molecule has 2 aliphatic heterocycles. The van der Waals surface area contributed by atoms with Gasteiger partial charge in [-0.2, -0.15) is 0 Å². The number of amides is 4. The number of imide groups is 1. The molecule has 0 aliphatic carbocycles. The van der Waals surface area contributed by atoms with Gasteiger partial charge in [-0.15, -0.1) is 0 Å². The van der Waals surface area contributed by atoms with Crippen LogP contribution in [-0.4, -0.2) is 40.3 Å². The van der Waals surface area contributed by atoms with E-state index < -0.39 is 35.7 Å². The van der Waals surface area contributed by atoms with Crippen LogP contribution < -0.4 is 10.2 Å². The predicted octanol–water partition coefficient (Wildman–Crippen LogP) is 5.90. The Bertz CT molecular complexity index is 1880. The highest BCUT2D eigenvalue weighted by Crippen LogP contribution is 2.45. The zero-order valence-electron chi connectivity index (χ0n) is 22.9. The summed E-state index contributed by atoms with van der Waals surface area (Å²) in [6.07, 6.45) is 0.779. The van der Waals surface area contributed by atoms with Crippen molar-refractivity contribution >= 4 is 34.4 Å². The molecule has 9 heteroatoms. The molecule has 214 valence electrons. The van der Waals surface area contributed by atoms with Gasteiger partial charge in [-0.1, -0.05) is 54.6 Å². The molecule has 2 atom stereocenters. The number of aromatic amines is 1. The van der Waals surface area contributed by atoms with Gasteiger partial charge in [0, 0.05) is 29.6 Å². The van der Waals surface area contributed by atoms with Gasteiger partial charge >= 0.3 is 6.03 Å². The first-order valence-electron chi connectivity index (χ1n) is 14.0. The molecule has 0 bridgehead atoms. The number of fused-ring (bicyclic) bond motifs is 4. The Morgan fingerprint density at radius 3 is 2.30 bits per heavy atom. The zero-order valence-corrected chi connectivity index (χ0v) is 22.9. The second-order valence-corrected chi connectivity index (χ2v) is 10.7. The molecule has 7 rings (SSSR count). The minimum atomic E-state index is -0.816. The summed E-state index contributed by atoms with van der Waals surface area (Å²) in [6.45, 7) is 0.282. The summed E-state index contributed by atoms with van der Waals surface area (Å²) in [5.74, 6) is -1.60. The summed E-state index contributed by atoms with van der Waals surface area (Å²) in [6, 6.07) is 24.2. The Hall–Kier alpha value is -5.31. The molecule has 0 saturated carbocycles. The zero-order chi connectivity index (χ0) is 29.7. The summed E-state index contributed by atoms with van der Waals surface area (Å²) in [4.78, 5) is 47.7. The number of nitrogens with one attached hydrogen (secondary N) is 2. The molecular weight excluding hydrogens is 550 g/mol. The molecular formula is C34H26F2N4O3. The lowest BCUT2D eigenvalue weighted by Gasteiger charge is -2.36. The van der Waals surface area contributed by atoms with Gasteiger partial charge in [-0.25, -0.2) is 18.5 Å². The predicted molar refractivity (Wildman–Crippen MR) is 158 cm³/mol. The van der Waals surface area contributed by atoms with Crippen LogP contribution in [0.1, 0.15) is 38.8 Å². The number of hydrogen-bond acceptors (Lipinski definition) is 3. The minimum absolute atomic E-state index is 0.186. The number of rotatable bonds is 6. The molecule has 5 aromatic rings. The lowest BCUT2D eigenvalue weighted by Crippen LogP contribution is -2.44. The number of H-pyrrole nitrogens is 1. The van der Waals surface area contributed by atoms with Crippen LogP contribution in [0.4, 0.5) is 19.3 Å². The van der Waals surface area contributed by atoms with Crippen LogP contribution in [0.3, 0.4) is 0 Å². The Balaban J connectivity index is 1.23. The SMILES string of the molecule is O=C(NCCc1ccc(F)cc1)c1ccccc1N1C(=O)[C@@H]2Cc3c([nH]c4ccccc34)[C@H](c3ccc(F)cc3)N2C1=O. The van der Waals surface area contributed by atoms with Gasteiger partial charge in [0.15, 0.2) is 0 Å². The smallest absolute Gasteiger partial charge is 0.332 e. The number of aromatic nitrogens is 1. The number of carbonyl (C=O) groups is 3. The molecule has 7 nitrogen and oxygen atoms in total. The van der Waals surface area contributed by atoms with Gasteiger partial charge < -0.3 is 10.3 Å². The molecule has 0 spiro atoms. The van der Waals surface area contributed by atoms with Gasteiger partial charge in [0.2, 0.25) is 0 Å². The average molecular weight is 577 g/mol. The van der Waals surface area contributed by atoms with Gasteiger partial charge in [-0.05, 0) is 65.6 Å². The molecule has 3 heterocycles. The largest absolute Gasteiger partial charge is 0.356 e. The van der Waals surface area contributed by atoms with E-state index in [0.717, 1.165) is 32.6 Å². The summed E-state index contributed by atoms with van der Waals surface area (Å²) >= 11 is 0. The van der Waals surface area contributed by atoms with E-state index in [1.165, 1.54) is 29.2 Å². The standard InChI is InChI=1S/C34H26F2N4O3/c35-22-13-9-20(10-14-22)17-18-37-32(41)25-6-2-4-8-28(25)40-33(42)29-19-26-24-5-1-3-7-27(24)38-30(26)31(39(29)34(40)43)21-11-15-23(36)16-12-21/h1-16,29,31,38H,17-19H2,(H,37,41)/t29-,31-/m0/s1. The number of para-hydroxylation sites is 2. The van der Waals surface area contributed by atoms with Crippen LogP contribution in [0.5, 0.6) is 0 Å². The van der Waals surface area contributed by atoms with E-state index in [1.807, 2.05) is 24.3 Å². The van der Waals surface area contributed by atoms with Gasteiger partial charge in [0.05, 0.1) is 11.3 Å². The summed E-state index contributed by atoms with van der Waals surface area (Å²) in [5.41, 5.74) is 4.50. The molecule has 2 aliphatic rings.